The van der Waals surface area contributed by atoms with Crippen LogP contribution in [0.2, 0.25) is 0 Å². The lowest BCUT2D eigenvalue weighted by Gasteiger charge is -2.29. The van der Waals surface area contributed by atoms with Gasteiger partial charge in [0.15, 0.2) is 0 Å². The molecule has 1 saturated heterocycles. The molecule has 0 radical (unpaired) electrons. The molecule has 106 valence electrons. The van der Waals surface area contributed by atoms with Crippen molar-refractivity contribution in [3.05, 3.63) is 12.3 Å². The second kappa shape index (κ2) is 6.68. The molecule has 0 aromatic carbocycles. The molecule has 1 aliphatic heterocycles. The second-order valence-corrected chi connectivity index (χ2v) is 5.09. The molecule has 1 aromatic rings. The molecule has 1 aromatic heterocycles. The van der Waals surface area contributed by atoms with Crippen molar-refractivity contribution in [3.8, 4) is 0 Å². The lowest BCUT2D eigenvalue weighted by atomic mass is 10.3. The minimum Gasteiger partial charge on any atom is -0.379 e. The van der Waals surface area contributed by atoms with Crippen molar-refractivity contribution < 1.29 is 4.74 Å². The zero-order chi connectivity index (χ0) is 13.7. The minimum absolute atomic E-state index is 0.350. The fourth-order valence-corrected chi connectivity index (χ4v) is 2.11. The summed E-state index contributed by atoms with van der Waals surface area (Å²) in [6, 6.07) is 2.26. The first-order chi connectivity index (χ1) is 9.15. The summed E-state index contributed by atoms with van der Waals surface area (Å²) in [4.78, 5) is 13.0. The van der Waals surface area contributed by atoms with Gasteiger partial charge in [-0.25, -0.2) is 4.98 Å². The minimum atomic E-state index is 0.350. The van der Waals surface area contributed by atoms with Gasteiger partial charge in [0.05, 0.1) is 13.2 Å². The lowest BCUT2D eigenvalue weighted by molar-refractivity contribution is 0.0368. The standard InChI is InChI=1S/C13H23N5O/c1-11(10-18-6-8-19-9-7-18)15-12-4-5-14-13(16-12)17(2)3/h4-5,11H,6-10H2,1-3H3,(H,14,15,16). The molecule has 1 atom stereocenters. The molecule has 2 rings (SSSR count). The van der Waals surface area contributed by atoms with Crippen LogP contribution in [-0.4, -0.2) is 67.9 Å². The summed E-state index contributed by atoms with van der Waals surface area (Å²) in [5.74, 6) is 1.60. The third-order valence-electron chi connectivity index (χ3n) is 3.07. The highest BCUT2D eigenvalue weighted by molar-refractivity contribution is 5.40. The Kier molecular flexibility index (Phi) is 4.93. The molecule has 0 saturated carbocycles. The van der Waals surface area contributed by atoms with E-state index in [4.69, 9.17) is 4.74 Å². The third-order valence-corrected chi connectivity index (χ3v) is 3.07. The van der Waals surface area contributed by atoms with Gasteiger partial charge in [-0.2, -0.15) is 4.98 Å². The number of aromatic nitrogens is 2. The van der Waals surface area contributed by atoms with Gasteiger partial charge in [0.1, 0.15) is 5.82 Å². The molecule has 19 heavy (non-hydrogen) atoms. The number of hydrogen-bond donors (Lipinski definition) is 1. The average molecular weight is 265 g/mol. The molecule has 1 N–H and O–H groups in total. The predicted octanol–water partition coefficient (Wildman–Crippen LogP) is 0.675. The number of nitrogens with one attached hydrogen (secondary N) is 1. The molecule has 0 amide bonds. The first-order valence-electron chi connectivity index (χ1n) is 6.72. The van der Waals surface area contributed by atoms with Crippen molar-refractivity contribution in [2.24, 2.45) is 0 Å². The molecule has 0 spiro atoms. The van der Waals surface area contributed by atoms with Crippen LogP contribution in [0.1, 0.15) is 6.92 Å². The summed E-state index contributed by atoms with van der Waals surface area (Å²) in [6.45, 7) is 6.88. The maximum Gasteiger partial charge on any atom is 0.226 e. The fraction of sp³-hybridized carbons (Fsp3) is 0.692. The Balaban J connectivity index is 1.87. The first kappa shape index (κ1) is 14.0. The van der Waals surface area contributed by atoms with Gasteiger partial charge in [-0.3, -0.25) is 4.90 Å². The van der Waals surface area contributed by atoms with Gasteiger partial charge in [0.25, 0.3) is 0 Å². The number of morpholine rings is 1. The van der Waals surface area contributed by atoms with Gasteiger partial charge < -0.3 is 15.0 Å². The number of anilines is 2. The van der Waals surface area contributed by atoms with Gasteiger partial charge in [-0.05, 0) is 13.0 Å². The molecule has 1 aliphatic rings. The van der Waals surface area contributed by atoms with Crippen LogP contribution in [0.3, 0.4) is 0 Å². The van der Waals surface area contributed by atoms with Crippen LogP contribution in [0.4, 0.5) is 11.8 Å². The summed E-state index contributed by atoms with van der Waals surface area (Å²) in [5.41, 5.74) is 0. The van der Waals surface area contributed by atoms with Crippen LogP contribution in [0, 0.1) is 0 Å². The van der Waals surface area contributed by atoms with Crippen LogP contribution in [-0.2, 0) is 4.74 Å². The summed E-state index contributed by atoms with van der Waals surface area (Å²) in [7, 11) is 3.88. The van der Waals surface area contributed by atoms with E-state index < -0.39 is 0 Å². The summed E-state index contributed by atoms with van der Waals surface area (Å²) in [5, 5.41) is 3.42. The van der Waals surface area contributed by atoms with E-state index in [1.807, 2.05) is 25.1 Å². The van der Waals surface area contributed by atoms with E-state index in [0.717, 1.165) is 44.6 Å². The SMILES string of the molecule is CC(CN1CCOCC1)Nc1ccnc(N(C)C)n1. The first-order valence-corrected chi connectivity index (χ1v) is 6.72. The Bertz CT molecular complexity index is 392. The lowest BCUT2D eigenvalue weighted by Crippen LogP contribution is -2.42. The molecule has 6 nitrogen and oxygen atoms in total. The van der Waals surface area contributed by atoms with Crippen molar-refractivity contribution in [1.82, 2.24) is 14.9 Å². The summed E-state index contributed by atoms with van der Waals surface area (Å²) in [6.07, 6.45) is 1.78. The largest absolute Gasteiger partial charge is 0.379 e. The van der Waals surface area contributed by atoms with E-state index in [0.29, 0.717) is 6.04 Å². The topological polar surface area (TPSA) is 53.5 Å². The summed E-state index contributed by atoms with van der Waals surface area (Å²) >= 11 is 0. The molecular weight excluding hydrogens is 242 g/mol. The third kappa shape index (κ3) is 4.33. The zero-order valence-electron chi connectivity index (χ0n) is 12.0. The summed E-state index contributed by atoms with van der Waals surface area (Å²) < 4.78 is 5.35. The molecule has 6 heteroatoms. The van der Waals surface area contributed by atoms with Crippen molar-refractivity contribution in [1.29, 1.82) is 0 Å². The van der Waals surface area contributed by atoms with Gasteiger partial charge in [-0.1, -0.05) is 0 Å². The predicted molar refractivity (Wildman–Crippen MR) is 76.7 cm³/mol. The van der Waals surface area contributed by atoms with Crippen LogP contribution in [0.25, 0.3) is 0 Å². The highest BCUT2D eigenvalue weighted by atomic mass is 16.5. The van der Waals surface area contributed by atoms with Crippen LogP contribution >= 0.6 is 0 Å². The van der Waals surface area contributed by atoms with Crippen molar-refractivity contribution in [2.75, 3.05) is 57.2 Å². The van der Waals surface area contributed by atoms with E-state index in [1.54, 1.807) is 6.20 Å². The molecule has 0 aliphatic carbocycles. The van der Waals surface area contributed by atoms with E-state index in [9.17, 15) is 0 Å². The maximum absolute atomic E-state index is 5.35. The molecular formula is C13H23N5O. The van der Waals surface area contributed by atoms with E-state index in [-0.39, 0.29) is 0 Å². The molecule has 1 fully saturated rings. The van der Waals surface area contributed by atoms with E-state index in [1.165, 1.54) is 0 Å². The van der Waals surface area contributed by atoms with Crippen LogP contribution in [0.5, 0.6) is 0 Å². The second-order valence-electron chi connectivity index (χ2n) is 5.09. The van der Waals surface area contributed by atoms with Gasteiger partial charge >= 0.3 is 0 Å². The van der Waals surface area contributed by atoms with Crippen LogP contribution in [0.15, 0.2) is 12.3 Å². The molecule has 1 unspecified atom stereocenters. The number of hydrogen-bond acceptors (Lipinski definition) is 6. The Morgan fingerprint density at radius 2 is 2.16 bits per heavy atom. The highest BCUT2D eigenvalue weighted by Crippen LogP contribution is 2.10. The van der Waals surface area contributed by atoms with Crippen molar-refractivity contribution >= 4 is 11.8 Å². The van der Waals surface area contributed by atoms with Gasteiger partial charge in [0.2, 0.25) is 5.95 Å². The Morgan fingerprint density at radius 1 is 1.42 bits per heavy atom. The quantitative estimate of drug-likeness (QED) is 0.845. The number of ether oxygens (including phenoxy) is 1. The molecule has 0 bridgehead atoms. The van der Waals surface area contributed by atoms with E-state index in [2.05, 4.69) is 27.1 Å². The average Bonchev–Trinajstić information content (AvgIpc) is 2.40. The van der Waals surface area contributed by atoms with Crippen molar-refractivity contribution in [2.45, 2.75) is 13.0 Å². The van der Waals surface area contributed by atoms with Gasteiger partial charge in [-0.15, -0.1) is 0 Å². The van der Waals surface area contributed by atoms with Crippen LogP contribution < -0.4 is 10.2 Å². The maximum atomic E-state index is 5.35. The smallest absolute Gasteiger partial charge is 0.226 e. The highest BCUT2D eigenvalue weighted by Gasteiger charge is 2.14. The van der Waals surface area contributed by atoms with Crippen molar-refractivity contribution in [3.63, 3.8) is 0 Å². The monoisotopic (exact) mass is 265 g/mol. The number of rotatable bonds is 5. The zero-order valence-corrected chi connectivity index (χ0v) is 12.0. The fourth-order valence-electron chi connectivity index (χ4n) is 2.11. The Hall–Kier alpha value is -1.40. The molecule has 2 heterocycles. The Labute approximate surface area is 114 Å². The number of nitrogens with zero attached hydrogens (tertiary/aromatic N) is 4. The van der Waals surface area contributed by atoms with Gasteiger partial charge in [0, 0.05) is 46.0 Å². The van der Waals surface area contributed by atoms with E-state index >= 15 is 0 Å². The Morgan fingerprint density at radius 3 is 2.84 bits per heavy atom. The normalized spacial score (nSPS) is 18.1.